The molecule has 5 heterocycles. The quantitative estimate of drug-likeness (QED) is 0.611. The zero-order chi connectivity index (χ0) is 20.6. The molecule has 156 valence electrons. The van der Waals surface area contributed by atoms with E-state index in [1.807, 2.05) is 0 Å². The molecule has 9 nitrogen and oxygen atoms in total. The Labute approximate surface area is 178 Å². The van der Waals surface area contributed by atoms with Gasteiger partial charge in [-0.3, -0.25) is 9.78 Å². The Morgan fingerprint density at radius 2 is 2.07 bits per heavy atom. The minimum atomic E-state index is -0.635. The molecule has 0 saturated carbocycles. The van der Waals surface area contributed by atoms with Gasteiger partial charge in [0.1, 0.15) is 22.8 Å². The van der Waals surface area contributed by atoms with Crippen LogP contribution >= 0.6 is 11.6 Å². The summed E-state index contributed by atoms with van der Waals surface area (Å²) in [5, 5.41) is 0.587. The summed E-state index contributed by atoms with van der Waals surface area (Å²) >= 11 is 6.04. The van der Waals surface area contributed by atoms with Crippen molar-refractivity contribution in [3.8, 4) is 0 Å². The predicted molar refractivity (Wildman–Crippen MR) is 110 cm³/mol. The molecule has 3 aromatic heterocycles. The number of fused-ring (bicyclic) bond motifs is 1. The van der Waals surface area contributed by atoms with E-state index in [9.17, 15) is 4.79 Å². The minimum Gasteiger partial charge on any atom is -0.376 e. The molecule has 1 unspecified atom stereocenters. The number of nitrogens with zero attached hydrogens (tertiary/aromatic N) is 6. The first kappa shape index (κ1) is 19.2. The molecule has 0 aliphatic carbocycles. The van der Waals surface area contributed by atoms with Crippen LogP contribution in [0, 0.1) is 0 Å². The molecule has 1 spiro atoms. The van der Waals surface area contributed by atoms with E-state index in [1.165, 1.54) is 0 Å². The maximum atomic E-state index is 13.2. The van der Waals surface area contributed by atoms with Crippen LogP contribution in [-0.4, -0.2) is 81.8 Å². The maximum Gasteiger partial charge on any atom is 0.274 e. The fourth-order valence-corrected chi connectivity index (χ4v) is 4.15. The topological polar surface area (TPSA) is 85.1 Å². The number of hydrogen-bond acceptors (Lipinski definition) is 7. The summed E-state index contributed by atoms with van der Waals surface area (Å²) in [5.74, 6) is 0.638. The molecule has 0 bridgehead atoms. The van der Waals surface area contributed by atoms with Gasteiger partial charge < -0.3 is 23.7 Å². The average molecular weight is 429 g/mol. The number of halogens is 1. The van der Waals surface area contributed by atoms with Gasteiger partial charge in [0.25, 0.3) is 5.91 Å². The number of amides is 1. The van der Waals surface area contributed by atoms with Crippen molar-refractivity contribution in [2.75, 3.05) is 50.9 Å². The zero-order valence-electron chi connectivity index (χ0n) is 16.3. The first-order valence-corrected chi connectivity index (χ1v) is 10.2. The van der Waals surface area contributed by atoms with E-state index in [4.69, 9.17) is 21.1 Å². The average Bonchev–Trinajstić information content (AvgIpc) is 3.08. The largest absolute Gasteiger partial charge is 0.376 e. The first-order chi connectivity index (χ1) is 14.6. The summed E-state index contributed by atoms with van der Waals surface area (Å²) in [7, 11) is 0. The highest BCUT2D eigenvalue weighted by Gasteiger charge is 2.42. The molecular formula is C20H21ClN6O3. The van der Waals surface area contributed by atoms with Crippen molar-refractivity contribution in [2.45, 2.75) is 5.60 Å². The third-order valence-electron chi connectivity index (χ3n) is 5.39. The van der Waals surface area contributed by atoms with E-state index in [0.717, 1.165) is 5.82 Å². The number of imidazole rings is 1. The van der Waals surface area contributed by atoms with Gasteiger partial charge in [-0.15, -0.1) is 0 Å². The highest BCUT2D eigenvalue weighted by atomic mass is 35.5. The van der Waals surface area contributed by atoms with Crippen molar-refractivity contribution in [2.24, 2.45) is 0 Å². The van der Waals surface area contributed by atoms with Gasteiger partial charge in [0.15, 0.2) is 0 Å². The van der Waals surface area contributed by atoms with Crippen LogP contribution in [0.15, 0.2) is 43.1 Å². The molecule has 2 aliphatic rings. The molecule has 3 aromatic rings. The van der Waals surface area contributed by atoms with Gasteiger partial charge in [0.2, 0.25) is 0 Å². The van der Waals surface area contributed by atoms with Gasteiger partial charge in [-0.1, -0.05) is 11.6 Å². The molecule has 2 fully saturated rings. The Balaban J connectivity index is 1.37. The molecule has 10 heteroatoms. The number of aromatic nitrogens is 4. The van der Waals surface area contributed by atoms with Crippen LogP contribution in [0.2, 0.25) is 5.02 Å². The van der Waals surface area contributed by atoms with Gasteiger partial charge in [0, 0.05) is 37.9 Å². The summed E-state index contributed by atoms with van der Waals surface area (Å²) in [6.45, 7) is 3.57. The first-order valence-electron chi connectivity index (χ1n) is 9.78. The van der Waals surface area contributed by atoms with Gasteiger partial charge in [-0.25, -0.2) is 9.97 Å². The van der Waals surface area contributed by atoms with Crippen molar-refractivity contribution in [1.29, 1.82) is 0 Å². The Morgan fingerprint density at radius 3 is 2.93 bits per heavy atom. The van der Waals surface area contributed by atoms with Crippen LogP contribution in [0.4, 0.5) is 5.82 Å². The van der Waals surface area contributed by atoms with E-state index in [0.29, 0.717) is 62.4 Å². The number of anilines is 1. The number of carbonyl (C=O) groups excluding carboxylic acids is 1. The fourth-order valence-electron chi connectivity index (χ4n) is 3.99. The summed E-state index contributed by atoms with van der Waals surface area (Å²) < 4.78 is 13.8. The van der Waals surface area contributed by atoms with Gasteiger partial charge in [-0.05, 0) is 12.1 Å². The van der Waals surface area contributed by atoms with Gasteiger partial charge >= 0.3 is 0 Å². The van der Waals surface area contributed by atoms with E-state index >= 15 is 0 Å². The molecule has 5 rings (SSSR count). The normalized spacial score (nSPS) is 22.4. The SMILES string of the molecule is O=C(c1cn2cc(Cl)ccc2n1)N1CCOC2(COCCN(c3cnccn3)C2)C1. The lowest BCUT2D eigenvalue weighted by molar-refractivity contribution is -0.124. The highest BCUT2D eigenvalue weighted by molar-refractivity contribution is 6.30. The Kier molecular flexibility index (Phi) is 5.01. The van der Waals surface area contributed by atoms with Crippen LogP contribution in [0.5, 0.6) is 0 Å². The second-order valence-corrected chi connectivity index (χ2v) is 7.97. The standard InChI is InChI=1S/C20H21ClN6O3/c21-15-1-2-17-24-16(11-27(17)10-15)19(28)26-6-8-30-20(13-26)12-25(5-7-29-14-20)18-9-22-3-4-23-18/h1-4,9-11H,5-8,12-14H2. The number of rotatable bonds is 2. The molecule has 1 atom stereocenters. The lowest BCUT2D eigenvalue weighted by atomic mass is 10.0. The molecule has 2 saturated heterocycles. The van der Waals surface area contributed by atoms with Gasteiger partial charge in [-0.2, -0.15) is 0 Å². The third kappa shape index (κ3) is 3.71. The molecule has 2 aliphatic heterocycles. The molecule has 0 aromatic carbocycles. The number of morpholine rings is 1. The minimum absolute atomic E-state index is 0.132. The summed E-state index contributed by atoms with van der Waals surface area (Å²) in [4.78, 5) is 30.1. The second kappa shape index (κ2) is 7.82. The predicted octanol–water partition coefficient (Wildman–Crippen LogP) is 1.53. The maximum absolute atomic E-state index is 13.2. The monoisotopic (exact) mass is 428 g/mol. The number of pyridine rings is 1. The van der Waals surface area contributed by atoms with Crippen molar-refractivity contribution in [1.82, 2.24) is 24.3 Å². The number of carbonyl (C=O) groups is 1. The highest BCUT2D eigenvalue weighted by Crippen LogP contribution is 2.26. The summed E-state index contributed by atoms with van der Waals surface area (Å²) in [5.41, 5.74) is 0.428. The van der Waals surface area contributed by atoms with E-state index in [-0.39, 0.29) is 5.91 Å². The van der Waals surface area contributed by atoms with E-state index < -0.39 is 5.60 Å². The van der Waals surface area contributed by atoms with Crippen LogP contribution in [0.1, 0.15) is 10.5 Å². The molecule has 1 amide bonds. The van der Waals surface area contributed by atoms with Crippen LogP contribution in [0.25, 0.3) is 5.65 Å². The van der Waals surface area contributed by atoms with Crippen LogP contribution in [-0.2, 0) is 9.47 Å². The molecular weight excluding hydrogens is 408 g/mol. The smallest absolute Gasteiger partial charge is 0.274 e. The third-order valence-corrected chi connectivity index (χ3v) is 5.62. The summed E-state index contributed by atoms with van der Waals surface area (Å²) in [6, 6.07) is 3.55. The van der Waals surface area contributed by atoms with Gasteiger partial charge in [0.05, 0.1) is 44.1 Å². The second-order valence-electron chi connectivity index (χ2n) is 7.53. The zero-order valence-corrected chi connectivity index (χ0v) is 17.0. The molecule has 30 heavy (non-hydrogen) atoms. The number of hydrogen-bond donors (Lipinski definition) is 0. The lowest BCUT2D eigenvalue weighted by Crippen LogP contribution is -2.60. The summed E-state index contributed by atoms with van der Waals surface area (Å²) in [6.07, 6.45) is 8.49. The Bertz CT molecular complexity index is 1060. The Hall–Kier alpha value is -2.75. The van der Waals surface area contributed by atoms with Crippen molar-refractivity contribution >= 4 is 29.0 Å². The fraction of sp³-hybridized carbons (Fsp3) is 0.400. The Morgan fingerprint density at radius 1 is 1.13 bits per heavy atom. The molecule has 0 radical (unpaired) electrons. The van der Waals surface area contributed by atoms with E-state index in [2.05, 4.69) is 19.9 Å². The van der Waals surface area contributed by atoms with Crippen LogP contribution in [0.3, 0.4) is 0 Å². The van der Waals surface area contributed by atoms with E-state index in [1.54, 1.807) is 52.4 Å². The lowest BCUT2D eigenvalue weighted by Gasteiger charge is -2.43. The van der Waals surface area contributed by atoms with Crippen molar-refractivity contribution < 1.29 is 14.3 Å². The number of ether oxygens (including phenoxy) is 2. The van der Waals surface area contributed by atoms with Crippen molar-refractivity contribution in [3.63, 3.8) is 0 Å². The van der Waals surface area contributed by atoms with Crippen LogP contribution < -0.4 is 4.90 Å². The molecule has 0 N–H and O–H groups in total. The van der Waals surface area contributed by atoms with Crippen molar-refractivity contribution in [3.05, 3.63) is 53.8 Å².